The second-order valence-corrected chi connectivity index (χ2v) is 4.82. The van der Waals surface area contributed by atoms with Crippen LogP contribution in [0.5, 0.6) is 0 Å². The standard InChI is InChI=1S/C15H13ClN2O3/c16-12-8-11(15(20)21)4-5-13(12)18-14(19)6-3-10-2-1-7-17-9-10/h1-2,4-5,7-9H,3,6H2,(H,18,19)(H,20,21). The molecule has 0 saturated heterocycles. The Balaban J connectivity index is 1.95. The largest absolute Gasteiger partial charge is 0.478 e. The minimum atomic E-state index is -1.06. The summed E-state index contributed by atoms with van der Waals surface area (Å²) in [5.41, 5.74) is 1.45. The van der Waals surface area contributed by atoms with Gasteiger partial charge in [0.2, 0.25) is 5.91 Å². The van der Waals surface area contributed by atoms with E-state index in [1.54, 1.807) is 12.4 Å². The Morgan fingerprint density at radius 3 is 2.71 bits per heavy atom. The number of aryl methyl sites for hydroxylation is 1. The number of pyridine rings is 1. The van der Waals surface area contributed by atoms with Crippen molar-refractivity contribution >= 4 is 29.2 Å². The van der Waals surface area contributed by atoms with Crippen molar-refractivity contribution in [2.45, 2.75) is 12.8 Å². The van der Waals surface area contributed by atoms with Gasteiger partial charge < -0.3 is 10.4 Å². The number of carboxylic acids is 1. The van der Waals surface area contributed by atoms with Crippen LogP contribution in [-0.2, 0) is 11.2 Å². The molecule has 0 fully saturated rings. The molecule has 6 heteroatoms. The molecule has 0 atom stereocenters. The second-order valence-electron chi connectivity index (χ2n) is 4.41. The van der Waals surface area contributed by atoms with Gasteiger partial charge in [-0.3, -0.25) is 9.78 Å². The van der Waals surface area contributed by atoms with Crippen LogP contribution >= 0.6 is 11.6 Å². The van der Waals surface area contributed by atoms with Gasteiger partial charge in [-0.1, -0.05) is 17.7 Å². The Labute approximate surface area is 126 Å². The summed E-state index contributed by atoms with van der Waals surface area (Å²) < 4.78 is 0. The fourth-order valence-electron chi connectivity index (χ4n) is 1.77. The van der Waals surface area contributed by atoms with Crippen molar-refractivity contribution in [3.05, 3.63) is 58.9 Å². The van der Waals surface area contributed by atoms with E-state index in [1.165, 1.54) is 18.2 Å². The van der Waals surface area contributed by atoms with Crippen LogP contribution in [0.2, 0.25) is 5.02 Å². The smallest absolute Gasteiger partial charge is 0.335 e. The van der Waals surface area contributed by atoms with Crippen LogP contribution in [0, 0.1) is 0 Å². The summed E-state index contributed by atoms with van der Waals surface area (Å²) >= 11 is 5.95. The highest BCUT2D eigenvalue weighted by Gasteiger charge is 2.09. The Bertz CT molecular complexity index is 659. The van der Waals surface area contributed by atoms with Crippen molar-refractivity contribution in [3.63, 3.8) is 0 Å². The molecule has 2 N–H and O–H groups in total. The molecule has 2 rings (SSSR count). The molecule has 0 aliphatic rings. The summed E-state index contributed by atoms with van der Waals surface area (Å²) in [4.78, 5) is 26.6. The van der Waals surface area contributed by atoms with Crippen molar-refractivity contribution in [2.75, 3.05) is 5.32 Å². The zero-order valence-corrected chi connectivity index (χ0v) is 11.8. The number of nitrogens with zero attached hydrogens (tertiary/aromatic N) is 1. The van der Waals surface area contributed by atoms with E-state index in [0.29, 0.717) is 18.5 Å². The summed E-state index contributed by atoms with van der Waals surface area (Å²) in [7, 11) is 0. The monoisotopic (exact) mass is 304 g/mol. The summed E-state index contributed by atoms with van der Waals surface area (Å²) in [5, 5.41) is 11.7. The van der Waals surface area contributed by atoms with Gasteiger partial charge in [0.15, 0.2) is 0 Å². The van der Waals surface area contributed by atoms with Crippen molar-refractivity contribution in [1.29, 1.82) is 0 Å². The summed E-state index contributed by atoms with van der Waals surface area (Å²) in [5.74, 6) is -1.25. The first-order valence-corrected chi connectivity index (χ1v) is 6.65. The highest BCUT2D eigenvalue weighted by Crippen LogP contribution is 2.23. The van der Waals surface area contributed by atoms with Gasteiger partial charge in [-0.25, -0.2) is 4.79 Å². The lowest BCUT2D eigenvalue weighted by atomic mass is 10.1. The molecule has 1 amide bonds. The molecule has 1 heterocycles. The number of carbonyl (C=O) groups excluding carboxylic acids is 1. The number of hydrogen-bond donors (Lipinski definition) is 2. The van der Waals surface area contributed by atoms with E-state index < -0.39 is 5.97 Å². The molecule has 1 aromatic carbocycles. The Hall–Kier alpha value is -2.40. The number of nitrogens with one attached hydrogen (secondary N) is 1. The third kappa shape index (κ3) is 4.29. The van der Waals surface area contributed by atoms with Crippen molar-refractivity contribution in [3.8, 4) is 0 Å². The summed E-state index contributed by atoms with van der Waals surface area (Å²) in [6.45, 7) is 0. The molecule has 0 saturated carbocycles. The van der Waals surface area contributed by atoms with Gasteiger partial charge in [0.25, 0.3) is 0 Å². The van der Waals surface area contributed by atoms with Gasteiger partial charge in [-0.15, -0.1) is 0 Å². The first kappa shape index (κ1) is 15.0. The third-order valence-electron chi connectivity index (χ3n) is 2.85. The maximum atomic E-state index is 11.9. The number of anilines is 1. The zero-order chi connectivity index (χ0) is 15.2. The predicted molar refractivity (Wildman–Crippen MR) is 79.6 cm³/mol. The summed E-state index contributed by atoms with van der Waals surface area (Å²) in [6, 6.07) is 7.89. The van der Waals surface area contributed by atoms with Gasteiger partial charge in [0.05, 0.1) is 16.3 Å². The average Bonchev–Trinajstić information content (AvgIpc) is 2.48. The SMILES string of the molecule is O=C(CCc1cccnc1)Nc1ccc(C(=O)O)cc1Cl. The molecule has 21 heavy (non-hydrogen) atoms. The first-order valence-electron chi connectivity index (χ1n) is 6.28. The number of hydrogen-bond acceptors (Lipinski definition) is 3. The normalized spacial score (nSPS) is 10.1. The molecule has 0 aliphatic heterocycles. The fraction of sp³-hybridized carbons (Fsp3) is 0.133. The van der Waals surface area contributed by atoms with Crippen LogP contribution < -0.4 is 5.32 Å². The van der Waals surface area contributed by atoms with E-state index >= 15 is 0 Å². The molecule has 0 aliphatic carbocycles. The molecular formula is C15H13ClN2O3. The van der Waals surface area contributed by atoms with E-state index in [9.17, 15) is 9.59 Å². The van der Waals surface area contributed by atoms with Crippen molar-refractivity contribution in [2.24, 2.45) is 0 Å². The maximum absolute atomic E-state index is 11.9. The lowest BCUT2D eigenvalue weighted by Gasteiger charge is -2.08. The van der Waals surface area contributed by atoms with Crippen LogP contribution in [0.25, 0.3) is 0 Å². The number of rotatable bonds is 5. The third-order valence-corrected chi connectivity index (χ3v) is 3.17. The van der Waals surface area contributed by atoms with Crippen molar-refractivity contribution < 1.29 is 14.7 Å². The topological polar surface area (TPSA) is 79.3 Å². The van der Waals surface area contributed by atoms with Crippen LogP contribution in [0.15, 0.2) is 42.7 Å². The van der Waals surface area contributed by atoms with Gasteiger partial charge in [0.1, 0.15) is 0 Å². The van der Waals surface area contributed by atoms with E-state index in [4.69, 9.17) is 16.7 Å². The lowest BCUT2D eigenvalue weighted by molar-refractivity contribution is -0.116. The van der Waals surface area contributed by atoms with Crippen LogP contribution in [-0.4, -0.2) is 22.0 Å². The minimum absolute atomic E-state index is 0.0772. The highest BCUT2D eigenvalue weighted by atomic mass is 35.5. The van der Waals surface area contributed by atoms with Gasteiger partial charge in [0, 0.05) is 18.8 Å². The average molecular weight is 305 g/mol. The minimum Gasteiger partial charge on any atom is -0.478 e. The molecule has 1 aromatic heterocycles. The highest BCUT2D eigenvalue weighted by molar-refractivity contribution is 6.34. The molecule has 0 bridgehead atoms. The van der Waals surface area contributed by atoms with Gasteiger partial charge >= 0.3 is 5.97 Å². The Morgan fingerprint density at radius 1 is 1.29 bits per heavy atom. The van der Waals surface area contributed by atoms with Crippen molar-refractivity contribution in [1.82, 2.24) is 4.98 Å². The summed E-state index contributed by atoms with van der Waals surface area (Å²) in [6.07, 6.45) is 4.25. The molecule has 2 aromatic rings. The second kappa shape index (κ2) is 6.85. The number of aromatic nitrogens is 1. The number of aromatic carboxylic acids is 1. The predicted octanol–water partition coefficient (Wildman–Crippen LogP) is 3.00. The van der Waals surface area contributed by atoms with E-state index in [1.807, 2.05) is 12.1 Å². The van der Waals surface area contributed by atoms with Crippen LogP contribution in [0.4, 0.5) is 5.69 Å². The molecule has 0 radical (unpaired) electrons. The first-order chi connectivity index (χ1) is 10.1. The van der Waals surface area contributed by atoms with E-state index in [2.05, 4.69) is 10.3 Å². The van der Waals surface area contributed by atoms with E-state index in [0.717, 1.165) is 5.56 Å². The van der Waals surface area contributed by atoms with Crippen LogP contribution in [0.1, 0.15) is 22.3 Å². The van der Waals surface area contributed by atoms with Gasteiger partial charge in [-0.05, 0) is 36.2 Å². The molecule has 0 spiro atoms. The number of benzene rings is 1. The number of carboxylic acid groups (broad SMARTS) is 1. The Morgan fingerprint density at radius 2 is 2.10 bits per heavy atom. The molecular weight excluding hydrogens is 292 g/mol. The maximum Gasteiger partial charge on any atom is 0.335 e. The molecule has 108 valence electrons. The number of carbonyl (C=O) groups is 2. The number of amides is 1. The van der Waals surface area contributed by atoms with E-state index in [-0.39, 0.29) is 16.5 Å². The quantitative estimate of drug-likeness (QED) is 0.890. The lowest BCUT2D eigenvalue weighted by Crippen LogP contribution is -2.13. The van der Waals surface area contributed by atoms with Gasteiger partial charge in [-0.2, -0.15) is 0 Å². The molecule has 5 nitrogen and oxygen atoms in total. The zero-order valence-electron chi connectivity index (χ0n) is 11.0. The van der Waals surface area contributed by atoms with Crippen LogP contribution in [0.3, 0.4) is 0 Å². The molecule has 0 unspecified atom stereocenters. The Kier molecular flexibility index (Phi) is 4.90. The fourth-order valence-corrected chi connectivity index (χ4v) is 1.99. The number of halogens is 1.